The lowest BCUT2D eigenvalue weighted by Crippen LogP contribution is -2.00. The molecule has 0 unspecified atom stereocenters. The van der Waals surface area contributed by atoms with E-state index in [1.54, 1.807) is 0 Å². The first-order valence-electron chi connectivity index (χ1n) is 2.96. The van der Waals surface area contributed by atoms with E-state index >= 15 is 0 Å². The summed E-state index contributed by atoms with van der Waals surface area (Å²) in [6.45, 7) is 0.180. The normalized spacial score (nSPS) is 10.4. The van der Waals surface area contributed by atoms with Gasteiger partial charge in [0.1, 0.15) is 10.3 Å². The number of rotatable bonds is 1. The monoisotopic (exact) mass is 244 g/mol. The molecule has 0 saturated heterocycles. The van der Waals surface area contributed by atoms with Gasteiger partial charge in [-0.3, -0.25) is 0 Å². The molecule has 0 radical (unpaired) electrons. The number of aromatic nitrogens is 1. The zero-order chi connectivity index (χ0) is 9.30. The highest BCUT2D eigenvalue weighted by Gasteiger charge is 2.13. The molecule has 0 spiro atoms. The van der Waals surface area contributed by atoms with Crippen molar-refractivity contribution < 1.29 is 0 Å². The van der Waals surface area contributed by atoms with Crippen molar-refractivity contribution in [2.45, 2.75) is 6.54 Å². The van der Waals surface area contributed by atoms with E-state index in [9.17, 15) is 0 Å². The summed E-state index contributed by atoms with van der Waals surface area (Å²) in [5, 5.41) is 0.750. The lowest BCUT2D eigenvalue weighted by Gasteiger charge is -2.06. The second-order valence-corrected chi connectivity index (χ2v) is 3.48. The van der Waals surface area contributed by atoms with Gasteiger partial charge in [-0.2, -0.15) is 0 Å². The molecule has 66 valence electrons. The molecule has 1 heterocycles. The van der Waals surface area contributed by atoms with Crippen molar-refractivity contribution in [3.63, 3.8) is 0 Å². The van der Waals surface area contributed by atoms with Gasteiger partial charge in [0.2, 0.25) is 0 Å². The van der Waals surface area contributed by atoms with E-state index in [1.165, 1.54) is 0 Å². The number of nitrogens with two attached hydrogens (primary N) is 1. The van der Waals surface area contributed by atoms with Crippen LogP contribution in [0.2, 0.25) is 20.4 Å². The Kier molecular flexibility index (Phi) is 3.44. The number of halogens is 4. The van der Waals surface area contributed by atoms with Crippen LogP contribution in [0.25, 0.3) is 0 Å². The number of hydrogen-bond donors (Lipinski definition) is 1. The van der Waals surface area contributed by atoms with Crippen LogP contribution in [0, 0.1) is 0 Å². The van der Waals surface area contributed by atoms with Gasteiger partial charge in [-0.25, -0.2) is 4.98 Å². The van der Waals surface area contributed by atoms with E-state index in [0.717, 1.165) is 0 Å². The Hall–Kier alpha value is 0.270. The van der Waals surface area contributed by atoms with Crippen LogP contribution in [0.15, 0.2) is 0 Å². The number of hydrogen-bond acceptors (Lipinski definition) is 2. The summed E-state index contributed by atoms with van der Waals surface area (Å²) < 4.78 is 0. The molecule has 0 aliphatic rings. The van der Waals surface area contributed by atoms with Gasteiger partial charge in [0, 0.05) is 12.1 Å². The van der Waals surface area contributed by atoms with Gasteiger partial charge in [-0.05, 0) is 0 Å². The molecule has 1 aromatic heterocycles. The van der Waals surface area contributed by atoms with Crippen molar-refractivity contribution in [1.82, 2.24) is 4.98 Å². The van der Waals surface area contributed by atoms with Crippen LogP contribution in [-0.4, -0.2) is 4.98 Å². The molecule has 1 aromatic rings. The Bertz CT molecular complexity index is 287. The summed E-state index contributed by atoms with van der Waals surface area (Å²) in [6, 6.07) is 0. The number of nitrogens with zero attached hydrogens (tertiary/aromatic N) is 1. The van der Waals surface area contributed by atoms with Gasteiger partial charge in [0.15, 0.2) is 0 Å². The third-order valence-electron chi connectivity index (χ3n) is 1.29. The van der Waals surface area contributed by atoms with Crippen LogP contribution >= 0.6 is 46.4 Å². The Balaban J connectivity index is 3.42. The fourth-order valence-corrected chi connectivity index (χ4v) is 1.63. The summed E-state index contributed by atoms with van der Waals surface area (Å²) in [6.07, 6.45) is 0. The highest BCUT2D eigenvalue weighted by Crippen LogP contribution is 2.33. The molecule has 0 fully saturated rings. The Morgan fingerprint density at radius 3 is 1.75 bits per heavy atom. The van der Waals surface area contributed by atoms with E-state index in [0.29, 0.717) is 5.56 Å². The molecular formula is C6H4Cl4N2. The second-order valence-electron chi connectivity index (χ2n) is 2.00. The van der Waals surface area contributed by atoms with Crippen LogP contribution < -0.4 is 5.73 Å². The zero-order valence-electron chi connectivity index (χ0n) is 5.74. The summed E-state index contributed by atoms with van der Waals surface area (Å²) in [5.41, 5.74) is 5.89. The molecule has 0 aliphatic carbocycles. The first-order chi connectivity index (χ1) is 5.57. The molecule has 0 aliphatic heterocycles. The van der Waals surface area contributed by atoms with Crippen LogP contribution in [0.3, 0.4) is 0 Å². The van der Waals surface area contributed by atoms with Gasteiger partial charge in [0.25, 0.3) is 0 Å². The molecule has 6 heteroatoms. The quantitative estimate of drug-likeness (QED) is 0.773. The minimum absolute atomic E-state index is 0.117. The first kappa shape index (κ1) is 10.4. The average molecular weight is 246 g/mol. The van der Waals surface area contributed by atoms with Crippen LogP contribution in [0.5, 0.6) is 0 Å². The number of pyridine rings is 1. The molecule has 0 bridgehead atoms. The van der Waals surface area contributed by atoms with Crippen molar-refractivity contribution in [1.29, 1.82) is 0 Å². The molecule has 2 nitrogen and oxygen atoms in total. The van der Waals surface area contributed by atoms with Gasteiger partial charge < -0.3 is 5.73 Å². The second kappa shape index (κ2) is 3.99. The Labute approximate surface area is 89.6 Å². The van der Waals surface area contributed by atoms with Gasteiger partial charge in [0.05, 0.1) is 10.0 Å². The lowest BCUT2D eigenvalue weighted by molar-refractivity contribution is 1.06. The maximum absolute atomic E-state index is 5.75. The summed E-state index contributed by atoms with van der Waals surface area (Å²) in [4.78, 5) is 3.69. The summed E-state index contributed by atoms with van der Waals surface area (Å²) >= 11 is 22.8. The largest absolute Gasteiger partial charge is 0.326 e. The molecule has 12 heavy (non-hydrogen) atoms. The van der Waals surface area contributed by atoms with Gasteiger partial charge in [-0.1, -0.05) is 46.4 Å². The van der Waals surface area contributed by atoms with E-state index in [2.05, 4.69) is 4.98 Å². The summed E-state index contributed by atoms with van der Waals surface area (Å²) in [5.74, 6) is 0. The maximum atomic E-state index is 5.75. The van der Waals surface area contributed by atoms with Crippen molar-refractivity contribution in [2.24, 2.45) is 5.73 Å². The highest BCUT2D eigenvalue weighted by atomic mass is 35.5. The third-order valence-corrected chi connectivity index (χ3v) is 2.85. The molecular weight excluding hydrogens is 242 g/mol. The lowest BCUT2D eigenvalue weighted by atomic mass is 10.3. The van der Waals surface area contributed by atoms with Crippen molar-refractivity contribution in [3.05, 3.63) is 25.9 Å². The zero-order valence-corrected chi connectivity index (χ0v) is 8.77. The molecule has 0 atom stereocenters. The van der Waals surface area contributed by atoms with Crippen molar-refractivity contribution >= 4 is 46.4 Å². The fourth-order valence-electron chi connectivity index (χ4n) is 0.709. The van der Waals surface area contributed by atoms with E-state index < -0.39 is 0 Å². The minimum atomic E-state index is 0.117. The molecule has 2 N–H and O–H groups in total. The molecule has 0 amide bonds. The van der Waals surface area contributed by atoms with Gasteiger partial charge in [-0.15, -0.1) is 0 Å². The first-order valence-corrected chi connectivity index (χ1v) is 4.48. The van der Waals surface area contributed by atoms with Crippen molar-refractivity contribution in [3.8, 4) is 0 Å². The topological polar surface area (TPSA) is 38.9 Å². The van der Waals surface area contributed by atoms with E-state index in [4.69, 9.17) is 52.1 Å². The SMILES string of the molecule is NCc1c(Cl)c(Cl)nc(Cl)c1Cl. The average Bonchev–Trinajstić information content (AvgIpc) is 2.02. The predicted octanol–water partition coefficient (Wildman–Crippen LogP) is 3.15. The molecule has 0 aromatic carbocycles. The Morgan fingerprint density at radius 2 is 1.42 bits per heavy atom. The third kappa shape index (κ3) is 1.78. The summed E-state index contributed by atoms with van der Waals surface area (Å²) in [7, 11) is 0. The fraction of sp³-hybridized carbons (Fsp3) is 0.167. The standard InChI is InChI=1S/C6H4Cl4N2/c7-3-2(1-11)4(8)6(10)12-5(3)9/h1,11H2. The van der Waals surface area contributed by atoms with Crippen LogP contribution in [0.1, 0.15) is 5.56 Å². The molecule has 0 saturated carbocycles. The minimum Gasteiger partial charge on any atom is -0.326 e. The smallest absolute Gasteiger partial charge is 0.149 e. The van der Waals surface area contributed by atoms with Crippen LogP contribution in [0.4, 0.5) is 0 Å². The van der Waals surface area contributed by atoms with Gasteiger partial charge >= 0.3 is 0 Å². The van der Waals surface area contributed by atoms with E-state index in [1.807, 2.05) is 0 Å². The Morgan fingerprint density at radius 1 is 1.00 bits per heavy atom. The van der Waals surface area contributed by atoms with E-state index in [-0.39, 0.29) is 26.9 Å². The van der Waals surface area contributed by atoms with Crippen molar-refractivity contribution in [2.75, 3.05) is 0 Å². The molecule has 1 rings (SSSR count). The maximum Gasteiger partial charge on any atom is 0.149 e. The predicted molar refractivity (Wildman–Crippen MR) is 52.2 cm³/mol. The van der Waals surface area contributed by atoms with Crippen LogP contribution in [-0.2, 0) is 6.54 Å². The highest BCUT2D eigenvalue weighted by molar-refractivity contribution is 6.46.